The van der Waals surface area contributed by atoms with Crippen molar-refractivity contribution in [3.8, 4) is 0 Å². The predicted octanol–water partition coefficient (Wildman–Crippen LogP) is 0.397. The molecule has 1 aromatic heterocycles. The molecule has 23 heavy (non-hydrogen) atoms. The third kappa shape index (κ3) is 3.34. The molecule has 0 spiro atoms. The van der Waals surface area contributed by atoms with Gasteiger partial charge in [-0.3, -0.25) is 9.59 Å². The van der Waals surface area contributed by atoms with Crippen molar-refractivity contribution in [2.45, 2.75) is 12.5 Å². The first-order valence-electron chi connectivity index (χ1n) is 7.10. The van der Waals surface area contributed by atoms with E-state index in [1.807, 2.05) is 0 Å². The summed E-state index contributed by atoms with van der Waals surface area (Å²) in [4.78, 5) is 37.7. The topological polar surface area (TPSA) is 87.7 Å². The van der Waals surface area contributed by atoms with Gasteiger partial charge in [-0.2, -0.15) is 0 Å². The van der Waals surface area contributed by atoms with Crippen LogP contribution in [0, 0.1) is 5.92 Å². The van der Waals surface area contributed by atoms with Crippen molar-refractivity contribution < 1.29 is 19.1 Å². The molecule has 1 unspecified atom stereocenters. The van der Waals surface area contributed by atoms with Crippen molar-refractivity contribution in [2.24, 2.45) is 5.92 Å². The van der Waals surface area contributed by atoms with Crippen LogP contribution in [0.3, 0.4) is 0 Å². The molecule has 2 amide bonds. The molecule has 1 atom stereocenters. The van der Waals surface area contributed by atoms with Crippen LogP contribution in [0.5, 0.6) is 0 Å². The summed E-state index contributed by atoms with van der Waals surface area (Å²) in [6.45, 7) is 1.80. The number of anilines is 1. The van der Waals surface area contributed by atoms with Crippen molar-refractivity contribution in [1.82, 2.24) is 10.6 Å². The Kier molecular flexibility index (Phi) is 5.61. The quantitative estimate of drug-likeness (QED) is 0.760. The van der Waals surface area contributed by atoms with E-state index in [1.54, 1.807) is 16.3 Å². The van der Waals surface area contributed by atoms with Crippen LogP contribution in [0.1, 0.15) is 16.8 Å². The van der Waals surface area contributed by atoms with Crippen molar-refractivity contribution in [2.75, 3.05) is 31.6 Å². The summed E-state index contributed by atoms with van der Waals surface area (Å²) < 4.78 is 4.73. The van der Waals surface area contributed by atoms with Gasteiger partial charge in [-0.25, -0.2) is 4.79 Å². The maximum atomic E-state index is 12.5. The fourth-order valence-corrected chi connectivity index (χ4v) is 3.47. The Bertz CT molecular complexity index is 617. The molecule has 0 radical (unpaired) electrons. The molecule has 0 aliphatic carbocycles. The molecule has 2 fully saturated rings. The first-order valence-corrected chi connectivity index (χ1v) is 7.98. The number of carbonyl (C=O) groups is 3. The Balaban J connectivity index is 0.00000192. The summed E-state index contributed by atoms with van der Waals surface area (Å²) in [7, 11) is 1.31. The molecule has 9 heteroatoms. The van der Waals surface area contributed by atoms with Crippen molar-refractivity contribution in [3.63, 3.8) is 0 Å². The van der Waals surface area contributed by atoms with Crippen LogP contribution in [0.2, 0.25) is 0 Å². The van der Waals surface area contributed by atoms with Gasteiger partial charge < -0.3 is 20.3 Å². The number of hydrogen-bond acceptors (Lipinski definition) is 6. The van der Waals surface area contributed by atoms with Gasteiger partial charge in [0.05, 0.1) is 18.6 Å². The summed E-state index contributed by atoms with van der Waals surface area (Å²) in [6, 6.07) is 1.13. The van der Waals surface area contributed by atoms with E-state index in [0.29, 0.717) is 36.6 Å². The Morgan fingerprint density at radius 1 is 1.43 bits per heavy atom. The van der Waals surface area contributed by atoms with Crippen molar-refractivity contribution >= 4 is 46.5 Å². The number of amides is 2. The average molecular weight is 360 g/mol. The van der Waals surface area contributed by atoms with Crippen LogP contribution in [0.15, 0.2) is 11.4 Å². The van der Waals surface area contributed by atoms with Crippen LogP contribution in [-0.4, -0.2) is 50.6 Å². The van der Waals surface area contributed by atoms with E-state index < -0.39 is 12.0 Å². The average Bonchev–Trinajstić information content (AvgIpc) is 3.04. The number of nitrogens with one attached hydrogen (secondary N) is 2. The first kappa shape index (κ1) is 17.7. The summed E-state index contributed by atoms with van der Waals surface area (Å²) in [5.41, 5.74) is 0.385. The van der Waals surface area contributed by atoms with Crippen LogP contribution in [-0.2, 0) is 14.3 Å². The number of rotatable bonds is 4. The zero-order valence-corrected chi connectivity index (χ0v) is 14.2. The van der Waals surface area contributed by atoms with Gasteiger partial charge in [-0.05, 0) is 17.9 Å². The van der Waals surface area contributed by atoms with E-state index in [4.69, 9.17) is 4.74 Å². The maximum Gasteiger partial charge on any atom is 0.340 e. The highest BCUT2D eigenvalue weighted by Crippen LogP contribution is 2.31. The van der Waals surface area contributed by atoms with E-state index in [1.165, 1.54) is 18.4 Å². The highest BCUT2D eigenvalue weighted by molar-refractivity contribution is 7.14. The summed E-state index contributed by atoms with van der Waals surface area (Å²) in [6.07, 6.45) is 0.545. The number of methoxy groups -OCH3 is 1. The zero-order chi connectivity index (χ0) is 15.7. The first-order chi connectivity index (χ1) is 10.6. The number of esters is 1. The minimum absolute atomic E-state index is 0. The number of nitrogens with zero attached hydrogens (tertiary/aromatic N) is 1. The Hall–Kier alpha value is -1.64. The number of thiophene rings is 1. The van der Waals surface area contributed by atoms with Gasteiger partial charge in [0.25, 0.3) is 0 Å². The van der Waals surface area contributed by atoms with Gasteiger partial charge in [0.2, 0.25) is 11.8 Å². The largest absolute Gasteiger partial charge is 0.465 e. The smallest absolute Gasteiger partial charge is 0.340 e. The lowest BCUT2D eigenvalue weighted by atomic mass is 10.0. The lowest BCUT2D eigenvalue weighted by Gasteiger charge is -2.27. The highest BCUT2D eigenvalue weighted by Gasteiger charge is 2.37. The van der Waals surface area contributed by atoms with Crippen molar-refractivity contribution in [1.29, 1.82) is 0 Å². The van der Waals surface area contributed by atoms with E-state index in [-0.39, 0.29) is 30.1 Å². The fraction of sp³-hybridized carbons (Fsp3) is 0.500. The molecular formula is C14H18ClN3O4S. The molecule has 2 aliphatic heterocycles. The second-order valence-electron chi connectivity index (χ2n) is 5.33. The number of ether oxygens (including phenoxy) is 1. The van der Waals surface area contributed by atoms with E-state index in [2.05, 4.69) is 10.6 Å². The molecule has 0 bridgehead atoms. The SMILES string of the molecule is COC(=O)c1ccsc1N1CCC(NC(=O)C2CNC2)C1=O.Cl. The highest BCUT2D eigenvalue weighted by atomic mass is 35.5. The molecule has 3 heterocycles. The molecule has 2 saturated heterocycles. The lowest BCUT2D eigenvalue weighted by molar-refractivity contribution is -0.130. The van der Waals surface area contributed by atoms with Crippen LogP contribution < -0.4 is 15.5 Å². The van der Waals surface area contributed by atoms with Crippen LogP contribution in [0.4, 0.5) is 5.00 Å². The zero-order valence-electron chi connectivity index (χ0n) is 12.5. The van der Waals surface area contributed by atoms with Gasteiger partial charge >= 0.3 is 5.97 Å². The Morgan fingerprint density at radius 2 is 2.17 bits per heavy atom. The van der Waals surface area contributed by atoms with Crippen molar-refractivity contribution in [3.05, 3.63) is 17.0 Å². The molecule has 1 aromatic rings. The van der Waals surface area contributed by atoms with Gasteiger partial charge in [-0.15, -0.1) is 23.7 Å². The molecule has 2 N–H and O–H groups in total. The summed E-state index contributed by atoms with van der Waals surface area (Å²) in [5.74, 6) is -0.766. The number of hydrogen-bond donors (Lipinski definition) is 2. The molecule has 126 valence electrons. The van der Waals surface area contributed by atoms with E-state index in [0.717, 1.165) is 0 Å². The minimum Gasteiger partial charge on any atom is -0.465 e. The number of carbonyl (C=O) groups excluding carboxylic acids is 3. The van der Waals surface area contributed by atoms with Gasteiger partial charge in [0, 0.05) is 19.6 Å². The van der Waals surface area contributed by atoms with Crippen LogP contribution in [0.25, 0.3) is 0 Å². The summed E-state index contributed by atoms with van der Waals surface area (Å²) >= 11 is 1.32. The number of halogens is 1. The normalized spacial score (nSPS) is 20.7. The standard InChI is InChI=1S/C14H17N3O4S.ClH/c1-21-14(20)9-3-5-22-13(9)17-4-2-10(12(17)19)16-11(18)8-6-15-7-8;/h3,5,8,10,15H,2,4,6-7H2,1H3,(H,16,18);1H. The molecule has 2 aliphatic rings. The Labute approximate surface area is 143 Å². The molecule has 0 saturated carbocycles. The van der Waals surface area contributed by atoms with Gasteiger partial charge in [0.1, 0.15) is 11.0 Å². The summed E-state index contributed by atoms with van der Waals surface area (Å²) in [5, 5.41) is 8.17. The molecular weight excluding hydrogens is 342 g/mol. The predicted molar refractivity (Wildman–Crippen MR) is 88.2 cm³/mol. The minimum atomic E-state index is -0.513. The maximum absolute atomic E-state index is 12.5. The van der Waals surface area contributed by atoms with Gasteiger partial charge in [-0.1, -0.05) is 0 Å². The lowest BCUT2D eigenvalue weighted by Crippen LogP contribution is -2.54. The van der Waals surface area contributed by atoms with E-state index in [9.17, 15) is 14.4 Å². The fourth-order valence-electron chi connectivity index (χ4n) is 2.55. The second kappa shape index (κ2) is 7.29. The molecule has 3 rings (SSSR count). The second-order valence-corrected chi connectivity index (χ2v) is 6.22. The third-order valence-electron chi connectivity index (χ3n) is 3.97. The van der Waals surface area contributed by atoms with Gasteiger partial charge in [0.15, 0.2) is 0 Å². The Morgan fingerprint density at radius 3 is 2.78 bits per heavy atom. The third-order valence-corrected chi connectivity index (χ3v) is 4.91. The monoisotopic (exact) mass is 359 g/mol. The molecule has 0 aromatic carbocycles. The molecule has 7 nitrogen and oxygen atoms in total. The van der Waals surface area contributed by atoms with Crippen LogP contribution >= 0.6 is 23.7 Å². The van der Waals surface area contributed by atoms with E-state index >= 15 is 0 Å².